The third-order valence-corrected chi connectivity index (χ3v) is 3.12. The number of likely N-dealkylation sites (N-methyl/N-ethyl adjacent to an activating group) is 1. The van der Waals surface area contributed by atoms with Gasteiger partial charge in [-0.2, -0.15) is 8.78 Å². The number of hydrogen-bond donors (Lipinski definition) is 1. The maximum atomic E-state index is 12.1. The van der Waals surface area contributed by atoms with Crippen LogP contribution in [0.4, 0.5) is 8.78 Å². The van der Waals surface area contributed by atoms with E-state index in [2.05, 4.69) is 9.64 Å². The Hall–Kier alpha value is -1.20. The van der Waals surface area contributed by atoms with Crippen molar-refractivity contribution in [1.82, 2.24) is 4.90 Å². The molecular formula is C12H16F2N2O. The van der Waals surface area contributed by atoms with E-state index < -0.39 is 6.61 Å². The second kappa shape index (κ2) is 4.98. The molecule has 94 valence electrons. The lowest BCUT2D eigenvalue weighted by atomic mass is 10.0. The number of rotatable bonds is 3. The van der Waals surface area contributed by atoms with Gasteiger partial charge in [0, 0.05) is 18.6 Å². The smallest absolute Gasteiger partial charge is 0.387 e. The monoisotopic (exact) mass is 242 g/mol. The first-order valence-corrected chi connectivity index (χ1v) is 5.58. The molecule has 1 saturated heterocycles. The molecule has 0 spiro atoms. The highest BCUT2D eigenvalue weighted by atomic mass is 19.3. The number of nitrogens with zero attached hydrogens (tertiary/aromatic N) is 1. The number of halogens is 2. The average Bonchev–Trinajstić information content (AvgIpc) is 2.58. The van der Waals surface area contributed by atoms with Crippen molar-refractivity contribution >= 4 is 0 Å². The van der Waals surface area contributed by atoms with Crippen LogP contribution in [0.1, 0.15) is 18.0 Å². The van der Waals surface area contributed by atoms with Gasteiger partial charge in [0.1, 0.15) is 5.75 Å². The largest absolute Gasteiger partial charge is 0.435 e. The molecule has 1 fully saturated rings. The van der Waals surface area contributed by atoms with Gasteiger partial charge in [-0.05, 0) is 31.2 Å². The molecule has 1 aromatic carbocycles. The normalized spacial score (nSPS) is 25.5. The summed E-state index contributed by atoms with van der Waals surface area (Å²) in [6, 6.07) is 6.89. The summed E-state index contributed by atoms with van der Waals surface area (Å²) in [6.07, 6.45) is 0.918. The molecule has 1 aliphatic rings. The van der Waals surface area contributed by atoms with Gasteiger partial charge < -0.3 is 10.5 Å². The molecule has 1 aliphatic heterocycles. The van der Waals surface area contributed by atoms with Crippen LogP contribution >= 0.6 is 0 Å². The van der Waals surface area contributed by atoms with Crippen LogP contribution in [0, 0.1) is 0 Å². The van der Waals surface area contributed by atoms with E-state index in [4.69, 9.17) is 5.73 Å². The van der Waals surface area contributed by atoms with Crippen LogP contribution < -0.4 is 10.5 Å². The maximum Gasteiger partial charge on any atom is 0.387 e. The Morgan fingerprint density at radius 1 is 1.47 bits per heavy atom. The first-order valence-electron chi connectivity index (χ1n) is 5.58. The minimum Gasteiger partial charge on any atom is -0.435 e. The molecule has 0 radical (unpaired) electrons. The van der Waals surface area contributed by atoms with E-state index in [0.29, 0.717) is 0 Å². The van der Waals surface area contributed by atoms with Gasteiger partial charge in [0.2, 0.25) is 0 Å². The van der Waals surface area contributed by atoms with Gasteiger partial charge in [0.05, 0.1) is 0 Å². The number of likely N-dealkylation sites (tertiary alicyclic amines) is 1. The fourth-order valence-corrected chi connectivity index (χ4v) is 2.35. The van der Waals surface area contributed by atoms with E-state index in [1.54, 1.807) is 12.1 Å². The lowest BCUT2D eigenvalue weighted by Crippen LogP contribution is -2.29. The predicted molar refractivity (Wildman–Crippen MR) is 61.0 cm³/mol. The quantitative estimate of drug-likeness (QED) is 0.881. The zero-order valence-corrected chi connectivity index (χ0v) is 9.64. The van der Waals surface area contributed by atoms with E-state index >= 15 is 0 Å². The van der Waals surface area contributed by atoms with Crippen LogP contribution in [0.25, 0.3) is 0 Å². The molecule has 2 rings (SSSR count). The topological polar surface area (TPSA) is 38.5 Å². The number of ether oxygens (including phenoxy) is 1. The van der Waals surface area contributed by atoms with Gasteiger partial charge in [0.15, 0.2) is 0 Å². The number of benzene rings is 1. The van der Waals surface area contributed by atoms with Crippen LogP contribution in [-0.4, -0.2) is 31.1 Å². The zero-order chi connectivity index (χ0) is 12.4. The van der Waals surface area contributed by atoms with Crippen LogP contribution in [0.2, 0.25) is 0 Å². The maximum absolute atomic E-state index is 12.1. The van der Waals surface area contributed by atoms with Crippen molar-refractivity contribution in [3.05, 3.63) is 29.8 Å². The molecule has 0 bridgehead atoms. The minimum atomic E-state index is -2.79. The van der Waals surface area contributed by atoms with Crippen molar-refractivity contribution in [2.75, 3.05) is 13.6 Å². The van der Waals surface area contributed by atoms with Crippen molar-refractivity contribution < 1.29 is 13.5 Å². The Labute approximate surface area is 99.2 Å². The van der Waals surface area contributed by atoms with Gasteiger partial charge in [-0.15, -0.1) is 0 Å². The Kier molecular flexibility index (Phi) is 3.59. The number of hydrogen-bond acceptors (Lipinski definition) is 3. The van der Waals surface area contributed by atoms with E-state index in [1.807, 2.05) is 13.1 Å². The molecule has 1 heterocycles. The van der Waals surface area contributed by atoms with Crippen molar-refractivity contribution in [3.63, 3.8) is 0 Å². The predicted octanol–water partition coefficient (Wildman–Crippen LogP) is 1.99. The van der Waals surface area contributed by atoms with Gasteiger partial charge in [0.25, 0.3) is 0 Å². The summed E-state index contributed by atoms with van der Waals surface area (Å²) < 4.78 is 28.6. The summed E-state index contributed by atoms with van der Waals surface area (Å²) in [5.74, 6) is 0.185. The third-order valence-electron chi connectivity index (χ3n) is 3.12. The number of nitrogens with two attached hydrogens (primary N) is 1. The molecular weight excluding hydrogens is 226 g/mol. The first kappa shape index (κ1) is 12.3. The van der Waals surface area contributed by atoms with Crippen LogP contribution in [0.3, 0.4) is 0 Å². The van der Waals surface area contributed by atoms with Crippen molar-refractivity contribution in [3.8, 4) is 5.75 Å². The summed E-state index contributed by atoms with van der Waals surface area (Å²) in [6.45, 7) is -1.87. The van der Waals surface area contributed by atoms with Gasteiger partial charge >= 0.3 is 6.61 Å². The van der Waals surface area contributed by atoms with Gasteiger partial charge in [-0.1, -0.05) is 12.1 Å². The van der Waals surface area contributed by atoms with E-state index in [-0.39, 0.29) is 17.8 Å². The molecule has 5 heteroatoms. The van der Waals surface area contributed by atoms with Crippen molar-refractivity contribution in [2.24, 2.45) is 5.73 Å². The van der Waals surface area contributed by atoms with Crippen LogP contribution in [0.5, 0.6) is 5.75 Å². The molecule has 0 amide bonds. The van der Waals surface area contributed by atoms with E-state index in [9.17, 15) is 8.78 Å². The lowest BCUT2D eigenvalue weighted by Gasteiger charge is -2.23. The summed E-state index contributed by atoms with van der Waals surface area (Å²) in [5.41, 5.74) is 6.95. The molecule has 1 aromatic rings. The van der Waals surface area contributed by atoms with Crippen LogP contribution in [-0.2, 0) is 0 Å². The summed E-state index contributed by atoms with van der Waals surface area (Å²) >= 11 is 0. The molecule has 2 unspecified atom stereocenters. The van der Waals surface area contributed by atoms with Crippen LogP contribution in [0.15, 0.2) is 24.3 Å². The van der Waals surface area contributed by atoms with Gasteiger partial charge in [-0.25, -0.2) is 0 Å². The standard InChI is InChI=1S/C12H16F2N2O/c1-16-6-5-10(15)11(16)8-3-2-4-9(7-8)17-12(13)14/h2-4,7,10-12H,5-6,15H2,1H3. The highest BCUT2D eigenvalue weighted by Gasteiger charge is 2.30. The Morgan fingerprint density at radius 2 is 2.24 bits per heavy atom. The second-order valence-corrected chi connectivity index (χ2v) is 4.33. The Balaban J connectivity index is 2.20. The molecule has 0 saturated carbocycles. The van der Waals surface area contributed by atoms with Crippen molar-refractivity contribution in [2.45, 2.75) is 25.1 Å². The van der Waals surface area contributed by atoms with Crippen molar-refractivity contribution in [1.29, 1.82) is 0 Å². The molecule has 3 nitrogen and oxygen atoms in total. The molecule has 2 N–H and O–H groups in total. The van der Waals surface area contributed by atoms with E-state index in [1.165, 1.54) is 6.07 Å². The first-order chi connectivity index (χ1) is 8.08. The number of alkyl halides is 2. The molecule has 0 aliphatic carbocycles. The average molecular weight is 242 g/mol. The fraction of sp³-hybridized carbons (Fsp3) is 0.500. The highest BCUT2D eigenvalue weighted by Crippen LogP contribution is 2.31. The lowest BCUT2D eigenvalue weighted by molar-refractivity contribution is -0.0499. The second-order valence-electron chi connectivity index (χ2n) is 4.33. The third kappa shape index (κ3) is 2.73. The summed E-state index contributed by atoms with van der Waals surface area (Å²) in [4.78, 5) is 2.13. The summed E-state index contributed by atoms with van der Waals surface area (Å²) in [5, 5.41) is 0. The fourth-order valence-electron chi connectivity index (χ4n) is 2.35. The highest BCUT2D eigenvalue weighted by molar-refractivity contribution is 5.32. The Bertz CT molecular complexity index is 377. The van der Waals surface area contributed by atoms with Gasteiger partial charge in [-0.3, -0.25) is 4.90 Å². The molecule has 0 aromatic heterocycles. The Morgan fingerprint density at radius 3 is 2.82 bits per heavy atom. The van der Waals surface area contributed by atoms with E-state index in [0.717, 1.165) is 18.5 Å². The minimum absolute atomic E-state index is 0.0433. The molecule has 2 atom stereocenters. The molecule has 17 heavy (non-hydrogen) atoms. The summed E-state index contributed by atoms with van der Waals surface area (Å²) in [7, 11) is 1.98. The SMILES string of the molecule is CN1CCC(N)C1c1cccc(OC(F)F)c1. The zero-order valence-electron chi connectivity index (χ0n) is 9.64.